The van der Waals surface area contributed by atoms with Gasteiger partial charge < -0.3 is 20.9 Å². The number of ether oxygens (including phenoxy) is 1. The van der Waals surface area contributed by atoms with Crippen LogP contribution in [0.5, 0.6) is 0 Å². The minimum Gasteiger partial charge on any atom is -0.393 e. The summed E-state index contributed by atoms with van der Waals surface area (Å²) in [5, 5.41) is 12.6. The van der Waals surface area contributed by atoms with Crippen LogP contribution in [-0.4, -0.2) is 34.3 Å². The van der Waals surface area contributed by atoms with Crippen LogP contribution in [0.25, 0.3) is 0 Å². The minimum atomic E-state index is -0.278. The third-order valence-corrected chi connectivity index (χ3v) is 2.48. The number of hydrogen-bond donors (Lipinski definition) is 3. The SMILES string of the molecule is CCOCc1nc(N)cc(NCCC(O)CC)n1. The molecule has 0 amide bonds. The molecule has 1 unspecified atom stereocenters. The Kier molecular flexibility index (Phi) is 6.38. The Bertz CT molecular complexity index is 360. The molecule has 102 valence electrons. The summed E-state index contributed by atoms with van der Waals surface area (Å²) in [4.78, 5) is 8.37. The van der Waals surface area contributed by atoms with Gasteiger partial charge in [0.15, 0.2) is 5.82 Å². The molecular formula is C12H22N4O2. The normalized spacial score (nSPS) is 12.4. The standard InChI is InChI=1S/C12H22N4O2/c1-3-9(17)5-6-14-11-7-10(13)15-12(16-11)8-18-4-2/h7,9,17H,3-6,8H2,1-2H3,(H3,13,14,15,16). The first kappa shape index (κ1) is 14.7. The van der Waals surface area contributed by atoms with Gasteiger partial charge in [-0.05, 0) is 19.8 Å². The molecule has 0 fully saturated rings. The number of hydrogen-bond acceptors (Lipinski definition) is 6. The van der Waals surface area contributed by atoms with Gasteiger partial charge in [0, 0.05) is 19.2 Å². The molecule has 4 N–H and O–H groups in total. The maximum absolute atomic E-state index is 9.44. The van der Waals surface area contributed by atoms with Gasteiger partial charge in [0.25, 0.3) is 0 Å². The second-order valence-corrected chi connectivity index (χ2v) is 4.01. The summed E-state index contributed by atoms with van der Waals surface area (Å²) >= 11 is 0. The average molecular weight is 254 g/mol. The third-order valence-electron chi connectivity index (χ3n) is 2.48. The Morgan fingerprint density at radius 2 is 2.22 bits per heavy atom. The van der Waals surface area contributed by atoms with Gasteiger partial charge in [-0.3, -0.25) is 0 Å². The van der Waals surface area contributed by atoms with Gasteiger partial charge in [0.2, 0.25) is 0 Å². The van der Waals surface area contributed by atoms with E-state index in [1.807, 2.05) is 13.8 Å². The fraction of sp³-hybridized carbons (Fsp3) is 0.667. The molecule has 0 saturated heterocycles. The van der Waals surface area contributed by atoms with Crippen molar-refractivity contribution in [1.82, 2.24) is 9.97 Å². The van der Waals surface area contributed by atoms with Crippen LogP contribution in [0.2, 0.25) is 0 Å². The Labute approximate surface area is 108 Å². The van der Waals surface area contributed by atoms with Crippen molar-refractivity contribution in [2.24, 2.45) is 0 Å². The number of nitrogen functional groups attached to an aromatic ring is 1. The lowest BCUT2D eigenvalue weighted by atomic mass is 10.2. The van der Waals surface area contributed by atoms with E-state index in [1.54, 1.807) is 6.07 Å². The summed E-state index contributed by atoms with van der Waals surface area (Å²) in [6.07, 6.45) is 1.16. The molecule has 0 spiro atoms. The van der Waals surface area contributed by atoms with E-state index in [0.29, 0.717) is 43.6 Å². The highest BCUT2D eigenvalue weighted by Crippen LogP contribution is 2.09. The van der Waals surface area contributed by atoms with E-state index >= 15 is 0 Å². The van der Waals surface area contributed by atoms with Gasteiger partial charge in [-0.1, -0.05) is 6.92 Å². The van der Waals surface area contributed by atoms with Crippen LogP contribution in [0.4, 0.5) is 11.6 Å². The monoisotopic (exact) mass is 254 g/mol. The first-order valence-electron chi connectivity index (χ1n) is 6.28. The van der Waals surface area contributed by atoms with Gasteiger partial charge in [-0.25, -0.2) is 9.97 Å². The number of nitrogens with one attached hydrogen (secondary N) is 1. The van der Waals surface area contributed by atoms with E-state index in [1.165, 1.54) is 0 Å². The highest BCUT2D eigenvalue weighted by Gasteiger charge is 2.04. The van der Waals surface area contributed by atoms with Crippen molar-refractivity contribution in [3.8, 4) is 0 Å². The van der Waals surface area contributed by atoms with Crippen molar-refractivity contribution in [2.45, 2.75) is 39.4 Å². The van der Waals surface area contributed by atoms with Gasteiger partial charge in [0.1, 0.15) is 18.2 Å². The minimum absolute atomic E-state index is 0.278. The topological polar surface area (TPSA) is 93.3 Å². The molecule has 6 nitrogen and oxygen atoms in total. The van der Waals surface area contributed by atoms with Crippen LogP contribution >= 0.6 is 0 Å². The molecule has 0 aliphatic heterocycles. The van der Waals surface area contributed by atoms with Crippen LogP contribution in [0.15, 0.2) is 6.07 Å². The van der Waals surface area contributed by atoms with Crippen molar-refractivity contribution < 1.29 is 9.84 Å². The lowest BCUT2D eigenvalue weighted by Crippen LogP contribution is -2.14. The lowest BCUT2D eigenvalue weighted by molar-refractivity contribution is 0.128. The zero-order valence-electron chi connectivity index (χ0n) is 11.0. The van der Waals surface area contributed by atoms with Crippen LogP contribution in [0.3, 0.4) is 0 Å². The maximum atomic E-state index is 9.44. The summed E-state index contributed by atoms with van der Waals surface area (Å²) in [6, 6.07) is 1.67. The molecule has 0 bridgehead atoms. The van der Waals surface area contributed by atoms with Gasteiger partial charge in [0.05, 0.1) is 6.10 Å². The lowest BCUT2D eigenvalue weighted by Gasteiger charge is -2.10. The van der Waals surface area contributed by atoms with Crippen molar-refractivity contribution in [2.75, 3.05) is 24.2 Å². The van der Waals surface area contributed by atoms with Crippen molar-refractivity contribution in [3.63, 3.8) is 0 Å². The average Bonchev–Trinajstić information content (AvgIpc) is 2.35. The molecule has 0 aliphatic rings. The second kappa shape index (κ2) is 7.84. The van der Waals surface area contributed by atoms with E-state index in [9.17, 15) is 5.11 Å². The molecule has 1 aromatic heterocycles. The van der Waals surface area contributed by atoms with E-state index in [4.69, 9.17) is 10.5 Å². The second-order valence-electron chi connectivity index (χ2n) is 4.01. The first-order valence-corrected chi connectivity index (χ1v) is 6.28. The zero-order valence-corrected chi connectivity index (χ0v) is 11.0. The molecule has 1 rings (SSSR count). The Morgan fingerprint density at radius 3 is 2.89 bits per heavy atom. The van der Waals surface area contributed by atoms with Crippen molar-refractivity contribution in [3.05, 3.63) is 11.9 Å². The third kappa shape index (κ3) is 5.29. The van der Waals surface area contributed by atoms with Crippen LogP contribution < -0.4 is 11.1 Å². The Morgan fingerprint density at radius 1 is 1.44 bits per heavy atom. The quantitative estimate of drug-likeness (QED) is 0.644. The fourth-order valence-electron chi connectivity index (χ4n) is 1.44. The van der Waals surface area contributed by atoms with Crippen LogP contribution in [-0.2, 0) is 11.3 Å². The molecule has 0 radical (unpaired) electrons. The zero-order chi connectivity index (χ0) is 13.4. The van der Waals surface area contributed by atoms with E-state index < -0.39 is 0 Å². The number of nitrogens with zero attached hydrogens (tertiary/aromatic N) is 2. The predicted octanol–water partition coefficient (Wildman–Crippen LogP) is 1.17. The molecule has 18 heavy (non-hydrogen) atoms. The summed E-state index contributed by atoms with van der Waals surface area (Å²) in [5.41, 5.74) is 5.69. The van der Waals surface area contributed by atoms with Gasteiger partial charge in [-0.15, -0.1) is 0 Å². The summed E-state index contributed by atoms with van der Waals surface area (Å²) < 4.78 is 5.24. The van der Waals surface area contributed by atoms with E-state index in [-0.39, 0.29) is 6.10 Å². The molecule has 0 aliphatic carbocycles. The number of aliphatic hydroxyl groups is 1. The molecular weight excluding hydrogens is 232 g/mol. The van der Waals surface area contributed by atoms with E-state index in [2.05, 4.69) is 15.3 Å². The first-order chi connectivity index (χ1) is 8.65. The number of anilines is 2. The fourth-order valence-corrected chi connectivity index (χ4v) is 1.44. The highest BCUT2D eigenvalue weighted by atomic mass is 16.5. The molecule has 6 heteroatoms. The van der Waals surface area contributed by atoms with Crippen LogP contribution in [0, 0.1) is 0 Å². The van der Waals surface area contributed by atoms with Crippen LogP contribution in [0.1, 0.15) is 32.5 Å². The van der Waals surface area contributed by atoms with Crippen molar-refractivity contribution >= 4 is 11.6 Å². The molecule has 1 aromatic rings. The molecule has 0 saturated carbocycles. The van der Waals surface area contributed by atoms with E-state index in [0.717, 1.165) is 6.42 Å². The number of nitrogens with two attached hydrogens (primary N) is 1. The highest BCUT2D eigenvalue weighted by molar-refractivity contribution is 5.44. The number of aliphatic hydroxyl groups excluding tert-OH is 1. The maximum Gasteiger partial charge on any atom is 0.158 e. The molecule has 0 aromatic carbocycles. The Balaban J connectivity index is 2.51. The van der Waals surface area contributed by atoms with Gasteiger partial charge in [-0.2, -0.15) is 0 Å². The number of aromatic nitrogens is 2. The molecule has 1 heterocycles. The Hall–Kier alpha value is -1.40. The molecule has 1 atom stereocenters. The summed E-state index contributed by atoms with van der Waals surface area (Å²) in [6.45, 7) is 5.49. The largest absolute Gasteiger partial charge is 0.393 e. The summed E-state index contributed by atoms with van der Waals surface area (Å²) in [7, 11) is 0. The summed E-state index contributed by atoms with van der Waals surface area (Å²) in [5.74, 6) is 1.65. The smallest absolute Gasteiger partial charge is 0.158 e. The van der Waals surface area contributed by atoms with Gasteiger partial charge >= 0.3 is 0 Å². The van der Waals surface area contributed by atoms with Crippen molar-refractivity contribution in [1.29, 1.82) is 0 Å². The predicted molar refractivity (Wildman–Crippen MR) is 71.2 cm³/mol. The number of rotatable bonds is 8.